The molecule has 2 aromatic rings. The van der Waals surface area contributed by atoms with Gasteiger partial charge in [0, 0.05) is 20.5 Å². The predicted molar refractivity (Wildman–Crippen MR) is 83.5 cm³/mol. The van der Waals surface area contributed by atoms with Crippen LogP contribution in [0.3, 0.4) is 0 Å². The van der Waals surface area contributed by atoms with Crippen LogP contribution >= 0.6 is 11.6 Å². The van der Waals surface area contributed by atoms with Crippen molar-refractivity contribution in [3.8, 4) is 11.4 Å². The van der Waals surface area contributed by atoms with Crippen molar-refractivity contribution in [2.45, 2.75) is 13.3 Å². The van der Waals surface area contributed by atoms with Crippen LogP contribution in [-0.4, -0.2) is 35.2 Å². The van der Waals surface area contributed by atoms with Gasteiger partial charge in [0.1, 0.15) is 11.4 Å². The third-order valence-corrected chi connectivity index (χ3v) is 3.06. The number of amides is 1. The molecule has 0 unspecified atom stereocenters. The number of halogens is 1. The lowest BCUT2D eigenvalue weighted by atomic mass is 10.2. The van der Waals surface area contributed by atoms with Gasteiger partial charge in [-0.05, 0) is 18.2 Å². The van der Waals surface area contributed by atoms with Crippen molar-refractivity contribution in [3.05, 3.63) is 29.5 Å². The van der Waals surface area contributed by atoms with Crippen LogP contribution < -0.4 is 10.2 Å². The number of carbonyl (C=O) groups excluding carboxylic acids is 1. The van der Waals surface area contributed by atoms with Crippen molar-refractivity contribution < 1.29 is 4.79 Å². The first-order valence-electron chi connectivity index (χ1n) is 6.48. The van der Waals surface area contributed by atoms with E-state index >= 15 is 0 Å². The summed E-state index contributed by atoms with van der Waals surface area (Å²) in [6, 6.07) is 5.21. The van der Waals surface area contributed by atoms with Gasteiger partial charge in [0.15, 0.2) is 5.15 Å². The average Bonchev–Trinajstić information content (AvgIpc) is 2.48. The Balaban J connectivity index is 2.48. The van der Waals surface area contributed by atoms with Crippen LogP contribution in [0, 0.1) is 0 Å². The number of anilines is 2. The van der Waals surface area contributed by atoms with Crippen LogP contribution in [0.4, 0.5) is 11.4 Å². The van der Waals surface area contributed by atoms with Gasteiger partial charge in [-0.3, -0.25) is 9.78 Å². The average molecular weight is 306 g/mol. The Kier molecular flexibility index (Phi) is 4.70. The first kappa shape index (κ1) is 15.2. The first-order chi connectivity index (χ1) is 10.0. The molecule has 7 heteroatoms. The molecule has 2 rings (SSSR count). The maximum Gasteiger partial charge on any atom is 0.224 e. The zero-order chi connectivity index (χ0) is 15.4. The van der Waals surface area contributed by atoms with E-state index in [4.69, 9.17) is 11.6 Å². The molecular formula is C14H16ClN5O. The predicted octanol–water partition coefficient (Wildman–Crippen LogP) is 2.61. The molecule has 0 bridgehead atoms. The van der Waals surface area contributed by atoms with Crippen molar-refractivity contribution in [1.29, 1.82) is 0 Å². The molecule has 0 saturated heterocycles. The largest absolute Gasteiger partial charge is 0.376 e. The molecular weight excluding hydrogens is 290 g/mol. The lowest BCUT2D eigenvalue weighted by Gasteiger charge is -2.16. The summed E-state index contributed by atoms with van der Waals surface area (Å²) in [5.74, 6) is -0.0871. The van der Waals surface area contributed by atoms with Gasteiger partial charge in [0.05, 0.1) is 17.6 Å². The monoisotopic (exact) mass is 305 g/mol. The quantitative estimate of drug-likeness (QED) is 0.940. The van der Waals surface area contributed by atoms with E-state index < -0.39 is 0 Å². The van der Waals surface area contributed by atoms with Crippen LogP contribution in [0.5, 0.6) is 0 Å². The molecule has 0 atom stereocenters. The Labute approximate surface area is 128 Å². The second-order valence-corrected chi connectivity index (χ2v) is 5.01. The number of carbonyl (C=O) groups is 1. The standard InChI is InChI=1S/C14H16ClN5O/c1-4-13(21)17-11-7-9(20(2)3)8-16-14(11)10-5-6-12(15)19-18-10/h5-8H,4H2,1-3H3,(H,17,21). The molecule has 0 saturated carbocycles. The fraction of sp³-hybridized carbons (Fsp3) is 0.286. The van der Waals surface area contributed by atoms with E-state index in [1.54, 1.807) is 25.3 Å². The zero-order valence-electron chi connectivity index (χ0n) is 12.1. The molecule has 2 heterocycles. The summed E-state index contributed by atoms with van der Waals surface area (Å²) >= 11 is 5.74. The third kappa shape index (κ3) is 3.66. The van der Waals surface area contributed by atoms with Crippen LogP contribution in [0.25, 0.3) is 11.4 Å². The molecule has 0 aliphatic heterocycles. The second kappa shape index (κ2) is 6.49. The normalized spacial score (nSPS) is 10.3. The SMILES string of the molecule is CCC(=O)Nc1cc(N(C)C)cnc1-c1ccc(Cl)nn1. The maximum atomic E-state index is 11.7. The van der Waals surface area contributed by atoms with Crippen molar-refractivity contribution >= 4 is 28.9 Å². The molecule has 110 valence electrons. The number of nitrogens with one attached hydrogen (secondary N) is 1. The fourth-order valence-electron chi connectivity index (χ4n) is 1.68. The molecule has 0 aromatic carbocycles. The van der Waals surface area contributed by atoms with E-state index in [1.807, 2.05) is 25.1 Å². The molecule has 0 aliphatic carbocycles. The Morgan fingerprint density at radius 3 is 2.67 bits per heavy atom. The van der Waals surface area contributed by atoms with E-state index in [0.717, 1.165) is 5.69 Å². The summed E-state index contributed by atoms with van der Waals surface area (Å²) in [5.41, 5.74) is 2.60. The van der Waals surface area contributed by atoms with Crippen molar-refractivity contribution in [3.63, 3.8) is 0 Å². The minimum absolute atomic E-state index is 0.0871. The summed E-state index contributed by atoms with van der Waals surface area (Å²) in [5, 5.41) is 11.0. The second-order valence-electron chi connectivity index (χ2n) is 4.63. The number of nitrogens with zero attached hydrogens (tertiary/aromatic N) is 4. The Morgan fingerprint density at radius 2 is 2.10 bits per heavy atom. The highest BCUT2D eigenvalue weighted by Gasteiger charge is 2.13. The number of hydrogen-bond donors (Lipinski definition) is 1. The third-order valence-electron chi connectivity index (χ3n) is 2.86. The zero-order valence-corrected chi connectivity index (χ0v) is 12.8. The summed E-state index contributed by atoms with van der Waals surface area (Å²) in [6.07, 6.45) is 2.10. The highest BCUT2D eigenvalue weighted by atomic mass is 35.5. The maximum absolute atomic E-state index is 11.7. The molecule has 0 fully saturated rings. The minimum atomic E-state index is -0.0871. The van der Waals surface area contributed by atoms with E-state index in [9.17, 15) is 4.79 Å². The summed E-state index contributed by atoms with van der Waals surface area (Å²) < 4.78 is 0. The molecule has 6 nitrogen and oxygen atoms in total. The van der Waals surface area contributed by atoms with Gasteiger partial charge in [-0.25, -0.2) is 0 Å². The van der Waals surface area contributed by atoms with Crippen molar-refractivity contribution in [1.82, 2.24) is 15.2 Å². The molecule has 0 spiro atoms. The number of rotatable bonds is 4. The van der Waals surface area contributed by atoms with Crippen LogP contribution in [0.2, 0.25) is 5.15 Å². The Morgan fingerprint density at radius 1 is 1.33 bits per heavy atom. The molecule has 1 amide bonds. The van der Waals surface area contributed by atoms with Crippen molar-refractivity contribution in [2.24, 2.45) is 0 Å². The number of aromatic nitrogens is 3. The van der Waals surface area contributed by atoms with E-state index in [1.165, 1.54) is 0 Å². The van der Waals surface area contributed by atoms with Crippen LogP contribution in [-0.2, 0) is 4.79 Å². The van der Waals surface area contributed by atoms with E-state index in [0.29, 0.717) is 28.6 Å². The van der Waals surface area contributed by atoms with Gasteiger partial charge < -0.3 is 10.2 Å². The topological polar surface area (TPSA) is 71.0 Å². The van der Waals surface area contributed by atoms with Gasteiger partial charge in [-0.1, -0.05) is 18.5 Å². The van der Waals surface area contributed by atoms with Crippen LogP contribution in [0.1, 0.15) is 13.3 Å². The minimum Gasteiger partial charge on any atom is -0.376 e. The molecule has 0 aliphatic rings. The van der Waals surface area contributed by atoms with Gasteiger partial charge in [-0.2, -0.15) is 0 Å². The Bertz CT molecular complexity index is 642. The van der Waals surface area contributed by atoms with Gasteiger partial charge in [-0.15, -0.1) is 10.2 Å². The summed E-state index contributed by atoms with van der Waals surface area (Å²) in [7, 11) is 3.81. The number of hydrogen-bond acceptors (Lipinski definition) is 5. The first-order valence-corrected chi connectivity index (χ1v) is 6.86. The number of pyridine rings is 1. The van der Waals surface area contributed by atoms with Gasteiger partial charge >= 0.3 is 0 Å². The molecule has 2 aromatic heterocycles. The smallest absolute Gasteiger partial charge is 0.224 e. The highest BCUT2D eigenvalue weighted by Crippen LogP contribution is 2.28. The van der Waals surface area contributed by atoms with Gasteiger partial charge in [0.2, 0.25) is 5.91 Å². The molecule has 21 heavy (non-hydrogen) atoms. The Hall–Kier alpha value is -2.21. The molecule has 0 radical (unpaired) electrons. The fourth-order valence-corrected chi connectivity index (χ4v) is 1.78. The van der Waals surface area contributed by atoms with E-state index in [-0.39, 0.29) is 5.91 Å². The van der Waals surface area contributed by atoms with Crippen molar-refractivity contribution in [2.75, 3.05) is 24.3 Å². The lowest BCUT2D eigenvalue weighted by Crippen LogP contribution is -2.14. The van der Waals surface area contributed by atoms with Gasteiger partial charge in [0.25, 0.3) is 0 Å². The lowest BCUT2D eigenvalue weighted by molar-refractivity contribution is -0.115. The summed E-state index contributed by atoms with van der Waals surface area (Å²) in [6.45, 7) is 1.79. The molecule has 1 N–H and O–H groups in total. The van der Waals surface area contributed by atoms with Crippen LogP contribution in [0.15, 0.2) is 24.4 Å². The van der Waals surface area contributed by atoms with E-state index in [2.05, 4.69) is 20.5 Å². The highest BCUT2D eigenvalue weighted by molar-refractivity contribution is 6.29. The summed E-state index contributed by atoms with van der Waals surface area (Å²) in [4.78, 5) is 18.0.